The molecule has 1 aliphatic rings. The Bertz CT molecular complexity index is 553. The number of carbonyl (C=O) groups is 1. The molecule has 0 unspecified atom stereocenters. The van der Waals surface area contributed by atoms with Crippen molar-refractivity contribution in [1.82, 2.24) is 20.9 Å². The fourth-order valence-corrected chi connectivity index (χ4v) is 3.74. The second-order valence-electron chi connectivity index (χ2n) is 7.15. The summed E-state index contributed by atoms with van der Waals surface area (Å²) >= 11 is 1.46. The molecule has 1 amide bonds. The van der Waals surface area contributed by atoms with Crippen LogP contribution in [0.3, 0.4) is 0 Å². The lowest BCUT2D eigenvalue weighted by Crippen LogP contribution is -2.40. The Labute approximate surface area is 167 Å². The van der Waals surface area contributed by atoms with Gasteiger partial charge in [-0.25, -0.2) is 0 Å². The van der Waals surface area contributed by atoms with E-state index in [0.29, 0.717) is 13.1 Å². The number of rotatable bonds is 10. The molecular weight excluding hydrogens is 358 g/mol. The Morgan fingerprint density at radius 2 is 2.00 bits per heavy atom. The minimum atomic E-state index is 0.00566. The molecule has 0 aliphatic carbocycles. The van der Waals surface area contributed by atoms with Gasteiger partial charge in [-0.05, 0) is 69.6 Å². The number of hydrogen-bond donors (Lipinski definition) is 3. The number of piperidine rings is 1. The van der Waals surface area contributed by atoms with Gasteiger partial charge in [0.05, 0.1) is 4.88 Å². The smallest absolute Gasteiger partial charge is 0.261 e. The highest BCUT2D eigenvalue weighted by atomic mass is 32.1. The van der Waals surface area contributed by atoms with Gasteiger partial charge in [0.1, 0.15) is 0 Å². The molecule has 2 heterocycles. The minimum absolute atomic E-state index is 0.00566. The first-order valence-electron chi connectivity index (χ1n) is 10.2. The standard InChI is InChI=1S/C20H35N5OS/c1-3-21-20(24-12-6-13-25-14-8-17(2)9-15-25)23-11-5-10-22-19(26)18-7-4-16-27-18/h4,7,16-17H,3,5-6,8-15H2,1-2H3,(H,22,26)(H2,21,23,24). The number of thiophene rings is 1. The highest BCUT2D eigenvalue weighted by Crippen LogP contribution is 2.15. The summed E-state index contributed by atoms with van der Waals surface area (Å²) in [5, 5.41) is 11.6. The average Bonchev–Trinajstić information content (AvgIpc) is 3.21. The molecule has 3 N–H and O–H groups in total. The molecule has 7 heteroatoms. The Kier molecular flexibility index (Phi) is 10.2. The van der Waals surface area contributed by atoms with Gasteiger partial charge in [-0.3, -0.25) is 9.79 Å². The lowest BCUT2D eigenvalue weighted by molar-refractivity contribution is 0.0957. The van der Waals surface area contributed by atoms with E-state index < -0.39 is 0 Å². The van der Waals surface area contributed by atoms with E-state index in [0.717, 1.165) is 49.2 Å². The minimum Gasteiger partial charge on any atom is -0.357 e. The second-order valence-corrected chi connectivity index (χ2v) is 8.10. The third-order valence-corrected chi connectivity index (χ3v) is 5.67. The number of nitrogens with zero attached hydrogens (tertiary/aromatic N) is 2. The fraction of sp³-hybridized carbons (Fsp3) is 0.700. The van der Waals surface area contributed by atoms with Gasteiger partial charge in [0, 0.05) is 26.2 Å². The zero-order chi connectivity index (χ0) is 19.3. The maximum Gasteiger partial charge on any atom is 0.261 e. The number of hydrogen-bond acceptors (Lipinski definition) is 4. The molecule has 0 saturated carbocycles. The molecule has 152 valence electrons. The number of amides is 1. The van der Waals surface area contributed by atoms with Gasteiger partial charge < -0.3 is 20.9 Å². The first-order valence-corrected chi connectivity index (χ1v) is 11.1. The molecule has 6 nitrogen and oxygen atoms in total. The molecule has 2 rings (SSSR count). The van der Waals surface area contributed by atoms with Gasteiger partial charge in [0.15, 0.2) is 5.96 Å². The topological polar surface area (TPSA) is 68.8 Å². The molecule has 1 saturated heterocycles. The average molecular weight is 394 g/mol. The molecule has 0 bridgehead atoms. The summed E-state index contributed by atoms with van der Waals surface area (Å²) in [6.07, 6.45) is 4.64. The summed E-state index contributed by atoms with van der Waals surface area (Å²) in [4.78, 5) is 19.8. The van der Waals surface area contributed by atoms with Gasteiger partial charge in [-0.2, -0.15) is 0 Å². The fourth-order valence-electron chi connectivity index (χ4n) is 3.10. The molecular formula is C20H35N5OS. The van der Waals surface area contributed by atoms with E-state index in [-0.39, 0.29) is 5.91 Å². The third kappa shape index (κ3) is 8.75. The molecule has 0 aromatic carbocycles. The van der Waals surface area contributed by atoms with Crippen LogP contribution in [0.4, 0.5) is 0 Å². The summed E-state index contributed by atoms with van der Waals surface area (Å²) in [5.41, 5.74) is 0. The molecule has 1 aromatic rings. The molecule has 1 aromatic heterocycles. The van der Waals surface area contributed by atoms with Crippen molar-refractivity contribution in [3.63, 3.8) is 0 Å². The van der Waals surface area contributed by atoms with Crippen LogP contribution >= 0.6 is 11.3 Å². The van der Waals surface area contributed by atoms with Crippen molar-refractivity contribution in [3.8, 4) is 0 Å². The van der Waals surface area contributed by atoms with E-state index in [1.54, 1.807) is 0 Å². The molecule has 0 spiro atoms. The summed E-state index contributed by atoms with van der Waals surface area (Å²) in [6.45, 7) is 11.2. The molecule has 0 atom stereocenters. The summed E-state index contributed by atoms with van der Waals surface area (Å²) in [7, 11) is 0. The van der Waals surface area contributed by atoms with Crippen molar-refractivity contribution in [2.24, 2.45) is 10.9 Å². The van der Waals surface area contributed by atoms with Crippen LogP contribution in [0.5, 0.6) is 0 Å². The zero-order valence-corrected chi connectivity index (χ0v) is 17.6. The third-order valence-electron chi connectivity index (χ3n) is 4.80. The van der Waals surface area contributed by atoms with E-state index in [1.165, 1.54) is 37.3 Å². The van der Waals surface area contributed by atoms with Crippen LogP contribution in [-0.2, 0) is 0 Å². The summed E-state index contributed by atoms with van der Waals surface area (Å²) in [5.74, 6) is 1.77. The van der Waals surface area contributed by atoms with Gasteiger partial charge in [-0.15, -0.1) is 11.3 Å². The predicted molar refractivity (Wildman–Crippen MR) is 115 cm³/mol. The predicted octanol–water partition coefficient (Wildman–Crippen LogP) is 2.55. The number of likely N-dealkylation sites (tertiary alicyclic amines) is 1. The lowest BCUT2D eigenvalue weighted by atomic mass is 9.99. The maximum atomic E-state index is 11.9. The molecule has 1 fully saturated rings. The van der Waals surface area contributed by atoms with Crippen LogP contribution in [-0.4, -0.2) is 62.6 Å². The van der Waals surface area contributed by atoms with Crippen molar-refractivity contribution in [2.45, 2.75) is 39.5 Å². The van der Waals surface area contributed by atoms with Crippen molar-refractivity contribution in [2.75, 3.05) is 45.8 Å². The summed E-state index contributed by atoms with van der Waals surface area (Å²) in [6, 6.07) is 3.74. The van der Waals surface area contributed by atoms with E-state index in [1.807, 2.05) is 17.5 Å². The van der Waals surface area contributed by atoms with Gasteiger partial charge in [0.25, 0.3) is 5.91 Å². The first-order chi connectivity index (χ1) is 13.2. The maximum absolute atomic E-state index is 11.9. The number of aliphatic imine (C=N–C) groups is 1. The Morgan fingerprint density at radius 1 is 1.22 bits per heavy atom. The van der Waals surface area contributed by atoms with Crippen molar-refractivity contribution >= 4 is 23.2 Å². The van der Waals surface area contributed by atoms with Crippen LogP contribution in [0, 0.1) is 5.92 Å². The van der Waals surface area contributed by atoms with Crippen molar-refractivity contribution in [1.29, 1.82) is 0 Å². The largest absolute Gasteiger partial charge is 0.357 e. The highest BCUT2D eigenvalue weighted by Gasteiger charge is 2.14. The monoisotopic (exact) mass is 393 g/mol. The number of guanidine groups is 1. The van der Waals surface area contributed by atoms with Crippen LogP contribution in [0.15, 0.2) is 22.5 Å². The Balaban J connectivity index is 1.57. The van der Waals surface area contributed by atoms with Crippen LogP contribution in [0.2, 0.25) is 0 Å². The Hall–Kier alpha value is -1.60. The van der Waals surface area contributed by atoms with Crippen molar-refractivity contribution < 1.29 is 4.79 Å². The van der Waals surface area contributed by atoms with Crippen LogP contribution < -0.4 is 16.0 Å². The van der Waals surface area contributed by atoms with Gasteiger partial charge in [0.2, 0.25) is 0 Å². The molecule has 0 radical (unpaired) electrons. The lowest BCUT2D eigenvalue weighted by Gasteiger charge is -2.30. The number of carbonyl (C=O) groups excluding carboxylic acids is 1. The van der Waals surface area contributed by atoms with E-state index in [2.05, 4.69) is 39.7 Å². The quantitative estimate of drug-likeness (QED) is 0.325. The zero-order valence-electron chi connectivity index (χ0n) is 16.8. The first kappa shape index (κ1) is 21.7. The van der Waals surface area contributed by atoms with E-state index >= 15 is 0 Å². The van der Waals surface area contributed by atoms with E-state index in [9.17, 15) is 4.79 Å². The van der Waals surface area contributed by atoms with Gasteiger partial charge >= 0.3 is 0 Å². The van der Waals surface area contributed by atoms with Crippen LogP contribution in [0.25, 0.3) is 0 Å². The van der Waals surface area contributed by atoms with Crippen molar-refractivity contribution in [3.05, 3.63) is 22.4 Å². The second kappa shape index (κ2) is 12.7. The molecule has 1 aliphatic heterocycles. The van der Waals surface area contributed by atoms with E-state index in [4.69, 9.17) is 0 Å². The normalized spacial score (nSPS) is 16.3. The van der Waals surface area contributed by atoms with Gasteiger partial charge in [-0.1, -0.05) is 13.0 Å². The SMILES string of the molecule is CCNC(=NCCCNC(=O)c1cccs1)NCCCN1CCC(C)CC1. The summed E-state index contributed by atoms with van der Waals surface area (Å²) < 4.78 is 0. The van der Waals surface area contributed by atoms with Crippen LogP contribution in [0.1, 0.15) is 49.2 Å². The Morgan fingerprint density at radius 3 is 2.70 bits per heavy atom. The molecule has 27 heavy (non-hydrogen) atoms. The number of nitrogens with one attached hydrogen (secondary N) is 3. The highest BCUT2D eigenvalue weighted by molar-refractivity contribution is 7.12.